The van der Waals surface area contributed by atoms with E-state index in [0.717, 1.165) is 34.4 Å². The number of rotatable bonds is 5. The molecule has 108 valence electrons. The van der Waals surface area contributed by atoms with E-state index in [1.165, 1.54) is 11.3 Å². The number of anilines is 1. The first-order valence-corrected chi connectivity index (χ1v) is 7.45. The average molecular weight is 292 g/mol. The zero-order valence-electron chi connectivity index (χ0n) is 12.0. The Morgan fingerprint density at radius 3 is 2.85 bits per heavy atom. The Bertz CT molecular complexity index is 636. The summed E-state index contributed by atoms with van der Waals surface area (Å²) in [6, 6.07) is 1.97. The SMILES string of the molecule is CNCCCNC(=O)c1sc2cc(C)nc(C)c2c1N. The van der Waals surface area contributed by atoms with Gasteiger partial charge in [-0.15, -0.1) is 11.3 Å². The third-order valence-corrected chi connectivity index (χ3v) is 4.26. The quantitative estimate of drug-likeness (QED) is 0.735. The lowest BCUT2D eigenvalue weighted by Crippen LogP contribution is -2.26. The Hall–Kier alpha value is -1.66. The number of carbonyl (C=O) groups is 1. The lowest BCUT2D eigenvalue weighted by atomic mass is 10.2. The van der Waals surface area contributed by atoms with Crippen molar-refractivity contribution in [1.29, 1.82) is 0 Å². The van der Waals surface area contributed by atoms with Crippen molar-refractivity contribution in [2.24, 2.45) is 0 Å². The summed E-state index contributed by atoms with van der Waals surface area (Å²) >= 11 is 1.43. The molecule has 0 aliphatic heterocycles. The molecular formula is C14H20N4OS. The Labute approximate surface area is 122 Å². The summed E-state index contributed by atoms with van der Waals surface area (Å²) in [6.07, 6.45) is 0.896. The van der Waals surface area contributed by atoms with E-state index in [1.807, 2.05) is 27.0 Å². The van der Waals surface area contributed by atoms with Crippen molar-refractivity contribution in [3.8, 4) is 0 Å². The number of nitrogens with one attached hydrogen (secondary N) is 2. The van der Waals surface area contributed by atoms with Crippen LogP contribution in [0.25, 0.3) is 10.1 Å². The molecule has 2 aromatic rings. The summed E-state index contributed by atoms with van der Waals surface area (Å²) in [5.41, 5.74) is 8.48. The molecule has 6 heteroatoms. The largest absolute Gasteiger partial charge is 0.397 e. The minimum atomic E-state index is -0.100. The molecule has 1 amide bonds. The molecule has 0 radical (unpaired) electrons. The second-order valence-corrected chi connectivity index (χ2v) is 5.83. The molecule has 0 aliphatic carbocycles. The fourth-order valence-electron chi connectivity index (χ4n) is 2.20. The number of nitrogen functional groups attached to an aromatic ring is 1. The third-order valence-electron chi connectivity index (χ3n) is 3.11. The van der Waals surface area contributed by atoms with Crippen LogP contribution in [0.15, 0.2) is 6.07 Å². The molecule has 20 heavy (non-hydrogen) atoms. The van der Waals surface area contributed by atoms with Crippen molar-refractivity contribution in [1.82, 2.24) is 15.6 Å². The van der Waals surface area contributed by atoms with Gasteiger partial charge >= 0.3 is 0 Å². The molecule has 2 rings (SSSR count). The van der Waals surface area contributed by atoms with Gasteiger partial charge < -0.3 is 16.4 Å². The van der Waals surface area contributed by atoms with Crippen LogP contribution >= 0.6 is 11.3 Å². The van der Waals surface area contributed by atoms with Gasteiger partial charge in [0.1, 0.15) is 4.88 Å². The zero-order valence-corrected chi connectivity index (χ0v) is 12.9. The van der Waals surface area contributed by atoms with Crippen LogP contribution in [0.2, 0.25) is 0 Å². The highest BCUT2D eigenvalue weighted by Crippen LogP contribution is 2.35. The van der Waals surface area contributed by atoms with E-state index in [2.05, 4.69) is 15.6 Å². The number of thiophene rings is 1. The van der Waals surface area contributed by atoms with E-state index in [9.17, 15) is 4.79 Å². The summed E-state index contributed by atoms with van der Waals surface area (Å²) in [6.45, 7) is 5.39. The lowest BCUT2D eigenvalue weighted by molar-refractivity contribution is 0.0958. The minimum Gasteiger partial charge on any atom is -0.397 e. The van der Waals surface area contributed by atoms with Crippen molar-refractivity contribution in [3.05, 3.63) is 22.3 Å². The van der Waals surface area contributed by atoms with Gasteiger partial charge in [0.2, 0.25) is 0 Å². The van der Waals surface area contributed by atoms with Crippen LogP contribution in [0.1, 0.15) is 27.5 Å². The Kier molecular flexibility index (Phi) is 4.57. The van der Waals surface area contributed by atoms with Gasteiger partial charge in [0.05, 0.1) is 5.69 Å². The number of pyridine rings is 1. The normalized spacial score (nSPS) is 10.9. The van der Waals surface area contributed by atoms with Gasteiger partial charge in [-0.05, 0) is 39.9 Å². The molecule has 0 spiro atoms. The van der Waals surface area contributed by atoms with Crippen LogP contribution in [0.3, 0.4) is 0 Å². The summed E-state index contributed by atoms with van der Waals surface area (Å²) < 4.78 is 1.02. The third kappa shape index (κ3) is 2.91. The van der Waals surface area contributed by atoms with E-state index in [1.54, 1.807) is 0 Å². The van der Waals surface area contributed by atoms with Crippen LogP contribution in [-0.4, -0.2) is 31.0 Å². The van der Waals surface area contributed by atoms with Crippen LogP contribution in [0, 0.1) is 13.8 Å². The zero-order chi connectivity index (χ0) is 14.7. The maximum atomic E-state index is 12.2. The summed E-state index contributed by atoms with van der Waals surface area (Å²) in [7, 11) is 1.89. The summed E-state index contributed by atoms with van der Waals surface area (Å²) in [5.74, 6) is -0.100. The second-order valence-electron chi connectivity index (χ2n) is 4.78. The van der Waals surface area contributed by atoms with E-state index in [0.29, 0.717) is 17.1 Å². The first-order chi connectivity index (χ1) is 9.54. The molecule has 5 nitrogen and oxygen atoms in total. The fourth-order valence-corrected chi connectivity index (χ4v) is 3.38. The first kappa shape index (κ1) is 14.7. The molecule has 2 aromatic heterocycles. The van der Waals surface area contributed by atoms with Gasteiger partial charge in [-0.1, -0.05) is 0 Å². The first-order valence-electron chi connectivity index (χ1n) is 6.63. The topological polar surface area (TPSA) is 80.0 Å². The number of amides is 1. The van der Waals surface area contributed by atoms with E-state index >= 15 is 0 Å². The van der Waals surface area contributed by atoms with Crippen molar-refractivity contribution in [2.45, 2.75) is 20.3 Å². The molecule has 0 unspecified atom stereocenters. The summed E-state index contributed by atoms with van der Waals surface area (Å²) in [4.78, 5) is 17.2. The van der Waals surface area contributed by atoms with E-state index in [-0.39, 0.29) is 5.91 Å². The number of nitrogens with two attached hydrogens (primary N) is 1. The molecule has 0 fully saturated rings. The second kappa shape index (κ2) is 6.19. The fraction of sp³-hybridized carbons (Fsp3) is 0.429. The molecule has 0 saturated carbocycles. The van der Waals surface area contributed by atoms with E-state index < -0.39 is 0 Å². The van der Waals surface area contributed by atoms with Crippen molar-refractivity contribution >= 4 is 33.0 Å². The predicted molar refractivity (Wildman–Crippen MR) is 84.4 cm³/mol. The predicted octanol–water partition coefficient (Wildman–Crippen LogP) is 1.83. The van der Waals surface area contributed by atoms with Gasteiger partial charge in [0, 0.05) is 28.0 Å². The van der Waals surface area contributed by atoms with Crippen molar-refractivity contribution in [2.75, 3.05) is 25.9 Å². The molecule has 0 atom stereocenters. The smallest absolute Gasteiger partial charge is 0.263 e. The number of hydrogen-bond donors (Lipinski definition) is 3. The molecule has 2 heterocycles. The van der Waals surface area contributed by atoms with E-state index in [4.69, 9.17) is 5.73 Å². The molecule has 4 N–H and O–H groups in total. The van der Waals surface area contributed by atoms with Crippen LogP contribution in [-0.2, 0) is 0 Å². The molecule has 0 saturated heterocycles. The Balaban J connectivity index is 2.24. The minimum absolute atomic E-state index is 0.100. The number of nitrogens with zero attached hydrogens (tertiary/aromatic N) is 1. The van der Waals surface area contributed by atoms with Gasteiger partial charge in [-0.3, -0.25) is 9.78 Å². The van der Waals surface area contributed by atoms with Gasteiger partial charge in [-0.2, -0.15) is 0 Å². The Morgan fingerprint density at radius 2 is 2.15 bits per heavy atom. The molecular weight excluding hydrogens is 272 g/mol. The van der Waals surface area contributed by atoms with Crippen molar-refractivity contribution in [3.63, 3.8) is 0 Å². The summed E-state index contributed by atoms with van der Waals surface area (Å²) in [5, 5.41) is 6.85. The monoisotopic (exact) mass is 292 g/mol. The number of aryl methyl sites for hydroxylation is 2. The number of fused-ring (bicyclic) bond motifs is 1. The molecule has 0 aromatic carbocycles. The number of hydrogen-bond acceptors (Lipinski definition) is 5. The van der Waals surface area contributed by atoms with Crippen molar-refractivity contribution < 1.29 is 4.79 Å². The van der Waals surface area contributed by atoms with Gasteiger partial charge in [0.15, 0.2) is 0 Å². The highest BCUT2D eigenvalue weighted by molar-refractivity contribution is 7.21. The molecule has 0 aliphatic rings. The van der Waals surface area contributed by atoms with Gasteiger partial charge in [0.25, 0.3) is 5.91 Å². The average Bonchev–Trinajstić information content (AvgIpc) is 2.71. The molecule has 0 bridgehead atoms. The highest BCUT2D eigenvalue weighted by Gasteiger charge is 2.18. The lowest BCUT2D eigenvalue weighted by Gasteiger charge is -2.04. The number of carbonyl (C=O) groups excluding carboxylic acids is 1. The maximum Gasteiger partial charge on any atom is 0.263 e. The Morgan fingerprint density at radius 1 is 1.40 bits per heavy atom. The number of aromatic nitrogens is 1. The maximum absolute atomic E-state index is 12.2. The highest BCUT2D eigenvalue weighted by atomic mass is 32.1. The van der Waals surface area contributed by atoms with Crippen LogP contribution < -0.4 is 16.4 Å². The van der Waals surface area contributed by atoms with Crippen LogP contribution in [0.4, 0.5) is 5.69 Å². The van der Waals surface area contributed by atoms with Crippen LogP contribution in [0.5, 0.6) is 0 Å². The standard InChI is InChI=1S/C14H20N4OS/c1-8-7-10-11(9(2)18-8)12(15)13(20-10)14(19)17-6-4-5-16-3/h7,16H,4-6,15H2,1-3H3,(H,17,19). The van der Waals surface area contributed by atoms with Gasteiger partial charge in [-0.25, -0.2) is 0 Å².